The third-order valence-corrected chi connectivity index (χ3v) is 3.38. The molecule has 5 nitrogen and oxygen atoms in total. The van der Waals surface area contributed by atoms with Crippen LogP contribution in [0.3, 0.4) is 0 Å². The number of hydrogen-bond donors (Lipinski definition) is 3. The predicted octanol–water partition coefficient (Wildman–Crippen LogP) is 3.40. The summed E-state index contributed by atoms with van der Waals surface area (Å²) in [5.74, 6) is -0.171. The first-order valence-corrected chi connectivity index (χ1v) is 7.08. The standard InChI is InChI=1S/C16H13F3N4O/c17-16(18,19)10-3-5-11(6-4-10)22-23-13-7-8-14(24)21-12-2-1-9-20-15(12)13/h1-7,9,22-23H,8H2,(H,21,24). The lowest BCUT2D eigenvalue weighted by Crippen LogP contribution is -2.21. The Bertz CT molecular complexity index is 785. The highest BCUT2D eigenvalue weighted by molar-refractivity contribution is 5.97. The van der Waals surface area contributed by atoms with Gasteiger partial charge in [0.25, 0.3) is 0 Å². The van der Waals surface area contributed by atoms with Crippen LogP contribution in [0.15, 0.2) is 48.7 Å². The molecule has 2 aromatic rings. The summed E-state index contributed by atoms with van der Waals surface area (Å²) in [6.45, 7) is 0. The lowest BCUT2D eigenvalue weighted by atomic mass is 10.2. The van der Waals surface area contributed by atoms with Gasteiger partial charge in [-0.1, -0.05) is 0 Å². The van der Waals surface area contributed by atoms with Crippen LogP contribution in [-0.2, 0) is 11.0 Å². The van der Waals surface area contributed by atoms with Crippen LogP contribution in [-0.4, -0.2) is 10.9 Å². The van der Waals surface area contributed by atoms with Gasteiger partial charge in [0.2, 0.25) is 5.91 Å². The molecular formula is C16H13F3N4O. The van der Waals surface area contributed by atoms with Gasteiger partial charge < -0.3 is 10.7 Å². The molecule has 0 atom stereocenters. The van der Waals surface area contributed by atoms with E-state index >= 15 is 0 Å². The SMILES string of the molecule is O=C1CC=C(NNc2ccc(C(F)(F)F)cc2)c2ncccc2N1. The molecule has 1 amide bonds. The Labute approximate surface area is 135 Å². The van der Waals surface area contributed by atoms with Gasteiger partial charge in [0.1, 0.15) is 5.69 Å². The zero-order valence-electron chi connectivity index (χ0n) is 12.3. The van der Waals surface area contributed by atoms with Crippen LogP contribution in [0.1, 0.15) is 17.7 Å². The number of hydrogen-bond acceptors (Lipinski definition) is 4. The number of nitrogens with zero attached hydrogens (tertiary/aromatic N) is 1. The second kappa shape index (κ2) is 6.23. The number of hydrazine groups is 1. The van der Waals surface area contributed by atoms with Crippen molar-refractivity contribution in [2.45, 2.75) is 12.6 Å². The molecule has 8 heteroatoms. The largest absolute Gasteiger partial charge is 0.416 e. The summed E-state index contributed by atoms with van der Waals surface area (Å²) >= 11 is 0. The summed E-state index contributed by atoms with van der Waals surface area (Å²) in [7, 11) is 0. The molecule has 0 bridgehead atoms. The number of benzene rings is 1. The topological polar surface area (TPSA) is 66.0 Å². The number of pyridine rings is 1. The normalized spacial score (nSPS) is 14.1. The average molecular weight is 334 g/mol. The van der Waals surface area contributed by atoms with E-state index in [1.807, 2.05) is 0 Å². The molecule has 3 rings (SSSR count). The van der Waals surface area contributed by atoms with Crippen molar-refractivity contribution in [3.05, 3.63) is 59.9 Å². The summed E-state index contributed by atoms with van der Waals surface area (Å²) in [5.41, 5.74) is 7.10. The molecule has 0 unspecified atom stereocenters. The molecule has 1 aliphatic heterocycles. The van der Waals surface area contributed by atoms with Crippen molar-refractivity contribution in [3.8, 4) is 0 Å². The van der Waals surface area contributed by atoms with E-state index in [9.17, 15) is 18.0 Å². The highest BCUT2D eigenvalue weighted by Gasteiger charge is 2.29. The van der Waals surface area contributed by atoms with Crippen molar-refractivity contribution in [3.63, 3.8) is 0 Å². The first kappa shape index (κ1) is 15.9. The van der Waals surface area contributed by atoms with Crippen LogP contribution >= 0.6 is 0 Å². The van der Waals surface area contributed by atoms with Crippen molar-refractivity contribution in [2.75, 3.05) is 10.7 Å². The van der Waals surface area contributed by atoms with E-state index in [4.69, 9.17) is 0 Å². The quantitative estimate of drug-likeness (QED) is 0.753. The number of anilines is 2. The molecule has 0 aliphatic carbocycles. The maximum absolute atomic E-state index is 12.6. The fourth-order valence-corrected chi connectivity index (χ4v) is 2.21. The Morgan fingerprint density at radius 3 is 2.54 bits per heavy atom. The summed E-state index contributed by atoms with van der Waals surface area (Å²) in [6, 6.07) is 8.03. The van der Waals surface area contributed by atoms with Crippen LogP contribution in [0, 0.1) is 0 Å². The summed E-state index contributed by atoms with van der Waals surface area (Å²) in [6.07, 6.45) is -0.965. The zero-order valence-corrected chi connectivity index (χ0v) is 12.3. The minimum absolute atomic E-state index is 0.160. The number of alkyl halides is 3. The fourth-order valence-electron chi connectivity index (χ4n) is 2.21. The Hall–Kier alpha value is -3.03. The van der Waals surface area contributed by atoms with E-state index in [0.29, 0.717) is 22.8 Å². The number of carbonyl (C=O) groups excluding carboxylic acids is 1. The molecule has 0 spiro atoms. The molecule has 24 heavy (non-hydrogen) atoms. The van der Waals surface area contributed by atoms with Crippen molar-refractivity contribution < 1.29 is 18.0 Å². The number of halogens is 3. The highest BCUT2D eigenvalue weighted by atomic mass is 19.4. The van der Waals surface area contributed by atoms with Gasteiger partial charge in [-0.05, 0) is 42.5 Å². The molecule has 1 aromatic carbocycles. The molecule has 1 aromatic heterocycles. The van der Waals surface area contributed by atoms with E-state index in [2.05, 4.69) is 21.2 Å². The zero-order chi connectivity index (χ0) is 17.2. The van der Waals surface area contributed by atoms with Crippen molar-refractivity contribution in [1.82, 2.24) is 10.4 Å². The maximum atomic E-state index is 12.6. The summed E-state index contributed by atoms with van der Waals surface area (Å²) in [5, 5.41) is 2.73. The van der Waals surface area contributed by atoms with Crippen LogP contribution in [0.5, 0.6) is 0 Å². The Balaban J connectivity index is 1.76. The Morgan fingerprint density at radius 2 is 1.83 bits per heavy atom. The van der Waals surface area contributed by atoms with Crippen LogP contribution < -0.4 is 16.2 Å². The minimum Gasteiger partial charge on any atom is -0.324 e. The van der Waals surface area contributed by atoms with E-state index in [0.717, 1.165) is 12.1 Å². The molecule has 0 saturated heterocycles. The van der Waals surface area contributed by atoms with Gasteiger partial charge in [-0.25, -0.2) is 0 Å². The molecule has 0 saturated carbocycles. The first-order chi connectivity index (χ1) is 11.4. The van der Waals surface area contributed by atoms with Gasteiger partial charge in [-0.15, -0.1) is 0 Å². The van der Waals surface area contributed by atoms with Gasteiger partial charge in [-0.3, -0.25) is 15.2 Å². The monoisotopic (exact) mass is 334 g/mol. The molecule has 2 heterocycles. The van der Waals surface area contributed by atoms with Gasteiger partial charge in [0.05, 0.1) is 22.6 Å². The Kier molecular flexibility index (Phi) is 4.11. The number of rotatable bonds is 3. The summed E-state index contributed by atoms with van der Waals surface area (Å²) in [4.78, 5) is 15.9. The van der Waals surface area contributed by atoms with Gasteiger partial charge in [-0.2, -0.15) is 13.2 Å². The Morgan fingerprint density at radius 1 is 1.08 bits per heavy atom. The van der Waals surface area contributed by atoms with Crippen LogP contribution in [0.25, 0.3) is 5.70 Å². The van der Waals surface area contributed by atoms with Gasteiger partial charge in [0.15, 0.2) is 0 Å². The number of nitrogens with one attached hydrogen (secondary N) is 3. The van der Waals surface area contributed by atoms with Gasteiger partial charge >= 0.3 is 6.18 Å². The minimum atomic E-state index is -4.37. The molecular weight excluding hydrogens is 321 g/mol. The van der Waals surface area contributed by atoms with Crippen molar-refractivity contribution in [2.24, 2.45) is 0 Å². The average Bonchev–Trinajstić information content (AvgIpc) is 2.71. The van der Waals surface area contributed by atoms with E-state index in [1.54, 1.807) is 24.4 Å². The first-order valence-electron chi connectivity index (χ1n) is 7.08. The molecule has 0 radical (unpaired) electrons. The van der Waals surface area contributed by atoms with Gasteiger partial charge in [0, 0.05) is 12.6 Å². The van der Waals surface area contributed by atoms with Crippen molar-refractivity contribution >= 4 is 23.0 Å². The number of carbonyl (C=O) groups is 1. The lowest BCUT2D eigenvalue weighted by Gasteiger charge is -2.14. The van der Waals surface area contributed by atoms with E-state index in [1.165, 1.54) is 12.1 Å². The summed E-state index contributed by atoms with van der Waals surface area (Å²) < 4.78 is 37.7. The second-order valence-electron chi connectivity index (χ2n) is 5.09. The maximum Gasteiger partial charge on any atom is 0.416 e. The lowest BCUT2D eigenvalue weighted by molar-refractivity contribution is -0.137. The van der Waals surface area contributed by atoms with E-state index in [-0.39, 0.29) is 12.3 Å². The molecule has 0 fully saturated rings. The smallest absolute Gasteiger partial charge is 0.324 e. The number of amides is 1. The number of fused-ring (bicyclic) bond motifs is 1. The van der Waals surface area contributed by atoms with Crippen LogP contribution in [0.4, 0.5) is 24.5 Å². The predicted molar refractivity (Wildman–Crippen MR) is 83.7 cm³/mol. The molecule has 124 valence electrons. The molecule has 1 aliphatic rings. The third kappa shape index (κ3) is 3.48. The van der Waals surface area contributed by atoms with Crippen molar-refractivity contribution in [1.29, 1.82) is 0 Å². The fraction of sp³-hybridized carbons (Fsp3) is 0.125. The second-order valence-corrected chi connectivity index (χ2v) is 5.09. The molecule has 3 N–H and O–H groups in total. The van der Waals surface area contributed by atoms with Crippen LogP contribution in [0.2, 0.25) is 0 Å². The third-order valence-electron chi connectivity index (χ3n) is 3.38. The number of aromatic nitrogens is 1. The highest BCUT2D eigenvalue weighted by Crippen LogP contribution is 2.30. The van der Waals surface area contributed by atoms with E-state index < -0.39 is 11.7 Å².